The minimum atomic E-state index is -0.288. The number of carbonyl (C=O) groups is 1. The average molecular weight is 212 g/mol. The molecular formula is C9H16N4O2. The Labute approximate surface area is 87.9 Å². The Morgan fingerprint density at radius 1 is 1.73 bits per heavy atom. The molecule has 0 aliphatic heterocycles. The molecule has 6 nitrogen and oxygen atoms in total. The number of nitrogens with two attached hydrogens (primary N) is 1. The summed E-state index contributed by atoms with van der Waals surface area (Å²) in [5.41, 5.74) is 6.12. The lowest BCUT2D eigenvalue weighted by Gasteiger charge is -2.14. The molecular weight excluding hydrogens is 196 g/mol. The van der Waals surface area contributed by atoms with E-state index in [1.165, 1.54) is 0 Å². The Morgan fingerprint density at radius 3 is 3.07 bits per heavy atom. The molecule has 0 saturated heterocycles. The van der Waals surface area contributed by atoms with Gasteiger partial charge >= 0.3 is 0 Å². The fourth-order valence-electron chi connectivity index (χ4n) is 1.25. The number of aliphatic hydroxyl groups is 1. The molecule has 0 spiro atoms. The number of hydrogen-bond donors (Lipinski definition) is 4. The van der Waals surface area contributed by atoms with Crippen LogP contribution in [0.4, 0.5) is 0 Å². The average Bonchev–Trinajstić information content (AvgIpc) is 2.70. The predicted molar refractivity (Wildman–Crippen MR) is 55.0 cm³/mol. The van der Waals surface area contributed by atoms with E-state index in [0.717, 1.165) is 5.69 Å². The van der Waals surface area contributed by atoms with Crippen LogP contribution in [-0.4, -0.2) is 40.2 Å². The van der Waals surface area contributed by atoms with E-state index in [-0.39, 0.29) is 25.0 Å². The molecule has 1 aromatic heterocycles. The normalized spacial score (nSPS) is 12.4. The van der Waals surface area contributed by atoms with Crippen LogP contribution in [0.5, 0.6) is 0 Å². The maximum absolute atomic E-state index is 11.2. The Bertz CT molecular complexity index is 286. The largest absolute Gasteiger partial charge is 0.394 e. The Balaban J connectivity index is 2.39. The molecule has 1 heterocycles. The summed E-state index contributed by atoms with van der Waals surface area (Å²) in [5, 5.41) is 11.8. The van der Waals surface area contributed by atoms with Crippen molar-refractivity contribution in [3.05, 3.63) is 18.2 Å². The molecule has 1 rings (SSSR count). The molecule has 0 unspecified atom stereocenters. The van der Waals surface area contributed by atoms with Crippen LogP contribution >= 0.6 is 0 Å². The number of amides is 1. The highest BCUT2D eigenvalue weighted by Gasteiger charge is 2.11. The van der Waals surface area contributed by atoms with E-state index in [1.54, 1.807) is 12.5 Å². The minimum absolute atomic E-state index is 0.102. The molecule has 0 aliphatic rings. The number of rotatable bonds is 6. The van der Waals surface area contributed by atoms with E-state index >= 15 is 0 Å². The van der Waals surface area contributed by atoms with Gasteiger partial charge in [0, 0.05) is 31.3 Å². The molecule has 0 saturated carbocycles. The van der Waals surface area contributed by atoms with E-state index in [1.807, 2.05) is 0 Å². The summed E-state index contributed by atoms with van der Waals surface area (Å²) in [5.74, 6) is -0.143. The van der Waals surface area contributed by atoms with Crippen LogP contribution in [-0.2, 0) is 11.2 Å². The molecule has 0 radical (unpaired) electrons. The van der Waals surface area contributed by atoms with Gasteiger partial charge in [-0.2, -0.15) is 0 Å². The van der Waals surface area contributed by atoms with Crippen LogP contribution in [0.1, 0.15) is 12.1 Å². The van der Waals surface area contributed by atoms with Gasteiger partial charge in [-0.15, -0.1) is 0 Å². The van der Waals surface area contributed by atoms with Gasteiger partial charge < -0.3 is 21.1 Å². The van der Waals surface area contributed by atoms with Crippen molar-refractivity contribution >= 4 is 5.91 Å². The van der Waals surface area contributed by atoms with Crippen molar-refractivity contribution in [1.82, 2.24) is 15.3 Å². The molecule has 0 aromatic carbocycles. The summed E-state index contributed by atoms with van der Waals surface area (Å²) in [6.45, 7) is 0.212. The number of carbonyl (C=O) groups excluding carboxylic acids is 1. The first-order valence-electron chi connectivity index (χ1n) is 4.83. The lowest BCUT2D eigenvalue weighted by molar-refractivity contribution is -0.121. The van der Waals surface area contributed by atoms with E-state index in [2.05, 4.69) is 15.3 Å². The van der Waals surface area contributed by atoms with Gasteiger partial charge in [-0.25, -0.2) is 4.98 Å². The first-order valence-corrected chi connectivity index (χ1v) is 4.83. The van der Waals surface area contributed by atoms with Crippen molar-refractivity contribution in [3.63, 3.8) is 0 Å². The number of aromatic nitrogens is 2. The Morgan fingerprint density at radius 2 is 2.53 bits per heavy atom. The summed E-state index contributed by atoms with van der Waals surface area (Å²) < 4.78 is 0. The highest BCUT2D eigenvalue weighted by molar-refractivity contribution is 5.76. The first-order chi connectivity index (χ1) is 7.26. The van der Waals surface area contributed by atoms with E-state index in [0.29, 0.717) is 13.0 Å². The molecule has 0 fully saturated rings. The number of nitrogens with zero attached hydrogens (tertiary/aromatic N) is 1. The molecule has 6 heteroatoms. The van der Waals surface area contributed by atoms with Gasteiger partial charge in [-0.05, 0) is 0 Å². The maximum Gasteiger partial charge on any atom is 0.221 e. The standard InChI is InChI=1S/C9H16N4O2/c10-2-1-9(15)13-8(5-14)3-7-4-11-6-12-7/h4,6,8,14H,1-3,5,10H2,(H,11,12)(H,13,15)/t8-/m1/s1. The summed E-state index contributed by atoms with van der Waals surface area (Å²) >= 11 is 0. The van der Waals surface area contributed by atoms with Gasteiger partial charge in [0.2, 0.25) is 5.91 Å². The van der Waals surface area contributed by atoms with Gasteiger partial charge in [0.05, 0.1) is 19.0 Å². The first kappa shape index (κ1) is 11.7. The number of H-pyrrole nitrogens is 1. The van der Waals surface area contributed by atoms with Crippen LogP contribution in [0.15, 0.2) is 12.5 Å². The summed E-state index contributed by atoms with van der Waals surface area (Å²) in [6, 6.07) is -0.288. The third kappa shape index (κ3) is 4.09. The van der Waals surface area contributed by atoms with Crippen molar-refractivity contribution < 1.29 is 9.90 Å². The number of hydrogen-bond acceptors (Lipinski definition) is 4. The van der Waals surface area contributed by atoms with Crippen LogP contribution in [0.3, 0.4) is 0 Å². The fraction of sp³-hybridized carbons (Fsp3) is 0.556. The summed E-state index contributed by atoms with van der Waals surface area (Å²) in [4.78, 5) is 18.0. The zero-order chi connectivity index (χ0) is 11.1. The van der Waals surface area contributed by atoms with Gasteiger partial charge in [0.15, 0.2) is 0 Å². The summed E-state index contributed by atoms with van der Waals surface area (Å²) in [6.07, 6.45) is 4.04. The number of aromatic amines is 1. The Hall–Kier alpha value is -1.40. The van der Waals surface area contributed by atoms with Gasteiger partial charge in [-0.3, -0.25) is 4.79 Å². The quantitative estimate of drug-likeness (QED) is 0.474. The number of aliphatic hydroxyl groups excluding tert-OH is 1. The smallest absolute Gasteiger partial charge is 0.221 e. The highest BCUT2D eigenvalue weighted by atomic mass is 16.3. The SMILES string of the molecule is NCCC(=O)N[C@@H](CO)Cc1cnc[nH]1. The van der Waals surface area contributed by atoms with Crippen LogP contribution < -0.4 is 11.1 Å². The Kier molecular flexibility index (Phi) is 4.79. The van der Waals surface area contributed by atoms with Crippen LogP contribution in [0.2, 0.25) is 0 Å². The molecule has 15 heavy (non-hydrogen) atoms. The van der Waals surface area contributed by atoms with Crippen LogP contribution in [0.25, 0.3) is 0 Å². The minimum Gasteiger partial charge on any atom is -0.394 e. The third-order valence-electron chi connectivity index (χ3n) is 1.98. The maximum atomic E-state index is 11.2. The zero-order valence-corrected chi connectivity index (χ0v) is 8.44. The molecule has 1 atom stereocenters. The van der Waals surface area contributed by atoms with E-state index in [9.17, 15) is 4.79 Å². The molecule has 84 valence electrons. The monoisotopic (exact) mass is 212 g/mol. The van der Waals surface area contributed by atoms with Crippen molar-refractivity contribution in [3.8, 4) is 0 Å². The van der Waals surface area contributed by atoms with Gasteiger partial charge in [-0.1, -0.05) is 0 Å². The summed E-state index contributed by atoms with van der Waals surface area (Å²) in [7, 11) is 0. The van der Waals surface area contributed by atoms with E-state index in [4.69, 9.17) is 10.8 Å². The molecule has 0 aliphatic carbocycles. The second kappa shape index (κ2) is 6.15. The molecule has 0 bridgehead atoms. The fourth-order valence-corrected chi connectivity index (χ4v) is 1.25. The second-order valence-electron chi connectivity index (χ2n) is 3.27. The topological polar surface area (TPSA) is 104 Å². The van der Waals surface area contributed by atoms with Gasteiger partial charge in [0.1, 0.15) is 0 Å². The molecule has 1 aromatic rings. The zero-order valence-electron chi connectivity index (χ0n) is 8.44. The lowest BCUT2D eigenvalue weighted by Crippen LogP contribution is -2.39. The lowest BCUT2D eigenvalue weighted by atomic mass is 10.1. The predicted octanol–water partition coefficient (Wildman–Crippen LogP) is -1.22. The number of imidazole rings is 1. The van der Waals surface area contributed by atoms with Gasteiger partial charge in [0.25, 0.3) is 0 Å². The van der Waals surface area contributed by atoms with Crippen molar-refractivity contribution in [2.45, 2.75) is 18.9 Å². The third-order valence-corrected chi connectivity index (χ3v) is 1.98. The van der Waals surface area contributed by atoms with Crippen molar-refractivity contribution in [2.75, 3.05) is 13.2 Å². The molecule has 1 amide bonds. The number of nitrogens with one attached hydrogen (secondary N) is 2. The van der Waals surface area contributed by atoms with Crippen molar-refractivity contribution in [1.29, 1.82) is 0 Å². The van der Waals surface area contributed by atoms with Crippen LogP contribution in [0, 0.1) is 0 Å². The van der Waals surface area contributed by atoms with Crippen molar-refractivity contribution in [2.24, 2.45) is 5.73 Å². The second-order valence-corrected chi connectivity index (χ2v) is 3.27. The molecule has 5 N–H and O–H groups in total. The highest BCUT2D eigenvalue weighted by Crippen LogP contribution is 1.98. The van der Waals surface area contributed by atoms with E-state index < -0.39 is 0 Å².